The summed E-state index contributed by atoms with van der Waals surface area (Å²) in [5, 5.41) is 10.1. The van der Waals surface area contributed by atoms with E-state index in [1.54, 1.807) is 24.3 Å². The van der Waals surface area contributed by atoms with Crippen LogP contribution in [0.2, 0.25) is 0 Å². The van der Waals surface area contributed by atoms with Crippen LogP contribution in [0, 0.1) is 6.92 Å². The van der Waals surface area contributed by atoms with Crippen molar-refractivity contribution in [1.82, 2.24) is 15.5 Å². The average molecular weight is 306 g/mol. The smallest absolute Gasteiger partial charge is 0.281 e. The molecule has 1 saturated carbocycles. The molecule has 3 rings (SSSR count). The quantitative estimate of drug-likeness (QED) is 0.759. The van der Waals surface area contributed by atoms with Crippen molar-refractivity contribution in [1.29, 1.82) is 0 Å². The molecular weight excluding hydrogens is 288 g/mol. The standard InChI is InChI=1S/C14H18N4O2S/c1-10-13(9-15-11-7-8-11)14(17-16-10)21(19,20)18-12-5-3-2-4-6-12/h2-6,11,15,18H,7-9H2,1H3,(H,16,17). The molecule has 112 valence electrons. The zero-order valence-electron chi connectivity index (χ0n) is 11.8. The van der Waals surface area contributed by atoms with E-state index in [-0.39, 0.29) is 5.03 Å². The molecule has 6 nitrogen and oxygen atoms in total. The molecule has 0 bridgehead atoms. The van der Waals surface area contributed by atoms with Gasteiger partial charge in [0, 0.05) is 29.5 Å². The number of nitrogens with one attached hydrogen (secondary N) is 3. The molecule has 21 heavy (non-hydrogen) atoms. The molecule has 0 atom stereocenters. The Balaban J connectivity index is 1.84. The van der Waals surface area contributed by atoms with Gasteiger partial charge in [-0.15, -0.1) is 0 Å². The van der Waals surface area contributed by atoms with E-state index in [0.29, 0.717) is 23.8 Å². The van der Waals surface area contributed by atoms with Crippen molar-refractivity contribution in [3.05, 3.63) is 41.6 Å². The van der Waals surface area contributed by atoms with Crippen molar-refractivity contribution in [2.24, 2.45) is 0 Å². The van der Waals surface area contributed by atoms with Crippen LogP contribution in [0.3, 0.4) is 0 Å². The number of hydrogen-bond donors (Lipinski definition) is 3. The highest BCUT2D eigenvalue weighted by atomic mass is 32.2. The van der Waals surface area contributed by atoms with Crippen molar-refractivity contribution < 1.29 is 8.42 Å². The number of hydrogen-bond acceptors (Lipinski definition) is 4. The molecule has 0 unspecified atom stereocenters. The molecule has 0 aliphatic heterocycles. The van der Waals surface area contributed by atoms with Gasteiger partial charge in [0.05, 0.1) is 0 Å². The van der Waals surface area contributed by atoms with Crippen LogP contribution >= 0.6 is 0 Å². The molecule has 0 amide bonds. The second kappa shape index (κ2) is 5.50. The summed E-state index contributed by atoms with van der Waals surface area (Å²) in [6.07, 6.45) is 2.31. The van der Waals surface area contributed by atoms with E-state index in [1.165, 1.54) is 0 Å². The van der Waals surface area contributed by atoms with Gasteiger partial charge in [-0.3, -0.25) is 9.82 Å². The number of nitrogens with zero attached hydrogens (tertiary/aromatic N) is 1. The van der Waals surface area contributed by atoms with E-state index < -0.39 is 10.0 Å². The molecule has 0 spiro atoms. The summed E-state index contributed by atoms with van der Waals surface area (Å²) in [7, 11) is -3.68. The lowest BCUT2D eigenvalue weighted by atomic mass is 10.2. The molecule has 1 fully saturated rings. The van der Waals surface area contributed by atoms with E-state index in [0.717, 1.165) is 18.5 Å². The van der Waals surface area contributed by atoms with Crippen molar-refractivity contribution in [2.45, 2.75) is 37.4 Å². The van der Waals surface area contributed by atoms with Crippen molar-refractivity contribution in [3.63, 3.8) is 0 Å². The van der Waals surface area contributed by atoms with Crippen LogP contribution in [0.5, 0.6) is 0 Å². The minimum Gasteiger partial charge on any atom is -0.310 e. The molecule has 7 heteroatoms. The first-order valence-electron chi connectivity index (χ1n) is 6.91. The lowest BCUT2D eigenvalue weighted by Crippen LogP contribution is -2.20. The van der Waals surface area contributed by atoms with E-state index in [1.807, 2.05) is 13.0 Å². The maximum atomic E-state index is 12.5. The number of aromatic nitrogens is 2. The van der Waals surface area contributed by atoms with E-state index >= 15 is 0 Å². The Morgan fingerprint density at radius 3 is 2.67 bits per heavy atom. The van der Waals surface area contributed by atoms with Gasteiger partial charge in [0.25, 0.3) is 10.0 Å². The normalized spacial score (nSPS) is 15.1. The Bertz CT molecular complexity index is 721. The summed E-state index contributed by atoms with van der Waals surface area (Å²) in [5.74, 6) is 0. The first-order chi connectivity index (χ1) is 10.1. The minimum absolute atomic E-state index is 0.0667. The number of para-hydroxylation sites is 1. The monoisotopic (exact) mass is 306 g/mol. The van der Waals surface area contributed by atoms with Gasteiger partial charge in [-0.2, -0.15) is 13.5 Å². The SMILES string of the molecule is Cc1[nH]nc(S(=O)(=O)Nc2ccccc2)c1CNC1CC1. The topological polar surface area (TPSA) is 86.9 Å². The van der Waals surface area contributed by atoms with Crippen molar-refractivity contribution in [2.75, 3.05) is 4.72 Å². The summed E-state index contributed by atoms with van der Waals surface area (Å²) in [5.41, 5.74) is 2.00. The van der Waals surface area contributed by atoms with E-state index in [4.69, 9.17) is 0 Å². The summed E-state index contributed by atoms with van der Waals surface area (Å²) in [6.45, 7) is 2.34. The Labute approximate surface area is 124 Å². The van der Waals surface area contributed by atoms with Crippen LogP contribution in [0.25, 0.3) is 0 Å². The average Bonchev–Trinajstić information content (AvgIpc) is 3.20. The number of sulfonamides is 1. The number of anilines is 1. The third-order valence-corrected chi connectivity index (χ3v) is 4.81. The molecule has 0 radical (unpaired) electrons. The van der Waals surface area contributed by atoms with Crippen LogP contribution in [-0.4, -0.2) is 24.7 Å². The van der Waals surface area contributed by atoms with E-state index in [9.17, 15) is 8.42 Å². The largest absolute Gasteiger partial charge is 0.310 e. The van der Waals surface area contributed by atoms with Gasteiger partial charge in [0.2, 0.25) is 5.03 Å². The predicted octanol–water partition coefficient (Wildman–Crippen LogP) is 1.77. The van der Waals surface area contributed by atoms with Crippen LogP contribution < -0.4 is 10.0 Å². The maximum Gasteiger partial charge on any atom is 0.281 e. The van der Waals surface area contributed by atoms with E-state index in [2.05, 4.69) is 20.2 Å². The summed E-state index contributed by atoms with van der Waals surface area (Å²) in [4.78, 5) is 0. The highest BCUT2D eigenvalue weighted by Gasteiger charge is 2.26. The Morgan fingerprint density at radius 2 is 2.00 bits per heavy atom. The number of H-pyrrole nitrogens is 1. The molecule has 1 aliphatic carbocycles. The van der Waals surface area contributed by atoms with Crippen LogP contribution in [0.4, 0.5) is 5.69 Å². The first kappa shape index (κ1) is 14.1. The Kier molecular flexibility index (Phi) is 3.69. The zero-order valence-corrected chi connectivity index (χ0v) is 12.6. The molecule has 1 aromatic heterocycles. The molecule has 3 N–H and O–H groups in total. The molecule has 0 saturated heterocycles. The number of rotatable bonds is 6. The van der Waals surface area contributed by atoms with Crippen LogP contribution in [0.15, 0.2) is 35.4 Å². The maximum absolute atomic E-state index is 12.5. The lowest BCUT2D eigenvalue weighted by molar-refractivity contribution is 0.593. The van der Waals surface area contributed by atoms with Gasteiger partial charge in [-0.25, -0.2) is 0 Å². The fraction of sp³-hybridized carbons (Fsp3) is 0.357. The first-order valence-corrected chi connectivity index (χ1v) is 8.39. The lowest BCUT2D eigenvalue weighted by Gasteiger charge is -2.08. The van der Waals surface area contributed by atoms with Gasteiger partial charge in [-0.05, 0) is 31.9 Å². The van der Waals surface area contributed by atoms with Crippen LogP contribution in [-0.2, 0) is 16.6 Å². The number of benzene rings is 1. The fourth-order valence-corrected chi connectivity index (χ4v) is 3.36. The highest BCUT2D eigenvalue weighted by molar-refractivity contribution is 7.92. The van der Waals surface area contributed by atoms with Crippen molar-refractivity contribution in [3.8, 4) is 0 Å². The van der Waals surface area contributed by atoms with Crippen molar-refractivity contribution >= 4 is 15.7 Å². The number of aryl methyl sites for hydroxylation is 1. The summed E-state index contributed by atoms with van der Waals surface area (Å²) < 4.78 is 27.5. The second-order valence-corrected chi connectivity index (χ2v) is 6.86. The molecular formula is C14H18N4O2S. The predicted molar refractivity (Wildman–Crippen MR) is 80.4 cm³/mol. The Morgan fingerprint density at radius 1 is 1.29 bits per heavy atom. The molecule has 2 aromatic rings. The Hall–Kier alpha value is -1.86. The zero-order chi connectivity index (χ0) is 14.9. The highest BCUT2D eigenvalue weighted by Crippen LogP contribution is 2.23. The molecule has 1 aliphatic rings. The summed E-state index contributed by atoms with van der Waals surface area (Å²) >= 11 is 0. The second-order valence-electron chi connectivity index (χ2n) is 5.26. The van der Waals surface area contributed by atoms with Gasteiger partial charge in [0.1, 0.15) is 0 Å². The number of aromatic amines is 1. The van der Waals surface area contributed by atoms with Crippen LogP contribution in [0.1, 0.15) is 24.1 Å². The molecule has 1 heterocycles. The third kappa shape index (κ3) is 3.25. The van der Waals surface area contributed by atoms with Gasteiger partial charge in [0.15, 0.2) is 0 Å². The van der Waals surface area contributed by atoms with Gasteiger partial charge < -0.3 is 5.32 Å². The molecule has 1 aromatic carbocycles. The fourth-order valence-electron chi connectivity index (χ4n) is 2.10. The van der Waals surface area contributed by atoms with Gasteiger partial charge >= 0.3 is 0 Å². The summed E-state index contributed by atoms with van der Waals surface area (Å²) in [6, 6.07) is 9.32. The third-order valence-electron chi connectivity index (χ3n) is 3.46. The van der Waals surface area contributed by atoms with Gasteiger partial charge in [-0.1, -0.05) is 18.2 Å². The minimum atomic E-state index is -3.68.